The summed E-state index contributed by atoms with van der Waals surface area (Å²) in [7, 11) is 0. The van der Waals surface area contributed by atoms with Crippen LogP contribution < -0.4 is 5.32 Å². The summed E-state index contributed by atoms with van der Waals surface area (Å²) in [5.41, 5.74) is -1.82. The van der Waals surface area contributed by atoms with Crippen LogP contribution in [0.1, 0.15) is 23.6 Å². The quantitative estimate of drug-likeness (QED) is 0.648. The number of hydrogen-bond acceptors (Lipinski definition) is 5. The Kier molecular flexibility index (Phi) is 4.49. The first-order valence-electron chi connectivity index (χ1n) is 6.19. The number of furan rings is 1. The lowest BCUT2D eigenvalue weighted by Gasteiger charge is -2.04. The molecule has 0 radical (unpaired) electrons. The number of nitrogens with zero attached hydrogens (tertiary/aromatic N) is 3. The first-order valence-corrected chi connectivity index (χ1v) is 6.19. The van der Waals surface area contributed by atoms with Gasteiger partial charge < -0.3 is 9.73 Å². The molecule has 0 fully saturated rings. The van der Waals surface area contributed by atoms with E-state index < -0.39 is 35.2 Å². The maximum absolute atomic E-state index is 12.8. The summed E-state index contributed by atoms with van der Waals surface area (Å²) in [6, 6.07) is 3.30. The Morgan fingerprint density at radius 1 is 1.59 bits per heavy atom. The van der Waals surface area contributed by atoms with Gasteiger partial charge in [0.05, 0.1) is 17.7 Å². The third-order valence-electron chi connectivity index (χ3n) is 2.92. The zero-order valence-corrected chi connectivity index (χ0v) is 11.5. The summed E-state index contributed by atoms with van der Waals surface area (Å²) < 4.78 is 31.4. The van der Waals surface area contributed by atoms with E-state index in [0.717, 1.165) is 4.68 Å². The van der Waals surface area contributed by atoms with E-state index in [1.54, 1.807) is 12.1 Å². The van der Waals surface area contributed by atoms with E-state index in [1.165, 1.54) is 13.2 Å². The van der Waals surface area contributed by atoms with Gasteiger partial charge in [0.15, 0.2) is 0 Å². The van der Waals surface area contributed by atoms with E-state index in [9.17, 15) is 23.7 Å². The number of alkyl halides is 2. The first-order chi connectivity index (χ1) is 10.4. The minimum Gasteiger partial charge on any atom is -0.467 e. The van der Waals surface area contributed by atoms with Crippen molar-refractivity contribution in [2.45, 2.75) is 26.4 Å². The predicted octanol–water partition coefficient (Wildman–Crippen LogP) is 1.95. The van der Waals surface area contributed by atoms with Crippen molar-refractivity contribution >= 4 is 11.6 Å². The highest BCUT2D eigenvalue weighted by molar-refractivity contribution is 5.75. The molecule has 2 rings (SSSR count). The minimum atomic E-state index is -3.09. The predicted molar refractivity (Wildman–Crippen MR) is 69.1 cm³/mol. The van der Waals surface area contributed by atoms with Crippen LogP contribution in [0.15, 0.2) is 22.8 Å². The summed E-state index contributed by atoms with van der Waals surface area (Å²) in [6.07, 6.45) is -1.65. The number of amides is 1. The van der Waals surface area contributed by atoms with Crippen molar-refractivity contribution in [2.75, 3.05) is 0 Å². The number of aromatic nitrogens is 2. The Labute approximate surface area is 122 Å². The van der Waals surface area contributed by atoms with Gasteiger partial charge in [-0.3, -0.25) is 19.6 Å². The molecule has 0 unspecified atom stereocenters. The molecular formula is C12H12F2N4O4. The van der Waals surface area contributed by atoms with Crippen LogP contribution in [-0.4, -0.2) is 20.6 Å². The van der Waals surface area contributed by atoms with Crippen LogP contribution in [0.4, 0.5) is 14.5 Å². The van der Waals surface area contributed by atoms with Crippen molar-refractivity contribution in [1.29, 1.82) is 0 Å². The molecule has 0 bridgehead atoms. The van der Waals surface area contributed by atoms with Crippen molar-refractivity contribution in [3.05, 3.63) is 45.7 Å². The number of hydrogen-bond donors (Lipinski definition) is 1. The summed E-state index contributed by atoms with van der Waals surface area (Å²) in [5.74, 6) is -0.0116. The van der Waals surface area contributed by atoms with Gasteiger partial charge in [0, 0.05) is 0 Å². The van der Waals surface area contributed by atoms with Crippen LogP contribution in [-0.2, 0) is 17.9 Å². The fourth-order valence-corrected chi connectivity index (χ4v) is 1.88. The summed E-state index contributed by atoms with van der Waals surface area (Å²) in [5, 5.41) is 16.8. The van der Waals surface area contributed by atoms with Gasteiger partial charge >= 0.3 is 5.69 Å². The topological polar surface area (TPSA) is 103 Å². The molecule has 0 spiro atoms. The molecule has 8 nitrogen and oxygen atoms in total. The van der Waals surface area contributed by atoms with Gasteiger partial charge in [-0.05, 0) is 19.1 Å². The second-order valence-electron chi connectivity index (χ2n) is 4.39. The Balaban J connectivity index is 2.10. The summed E-state index contributed by atoms with van der Waals surface area (Å²) in [4.78, 5) is 21.7. The van der Waals surface area contributed by atoms with Crippen LogP contribution in [0.25, 0.3) is 0 Å². The Bertz CT molecular complexity index is 682. The van der Waals surface area contributed by atoms with Gasteiger partial charge in [-0.1, -0.05) is 0 Å². The SMILES string of the molecule is Cc1c([N+](=O)[O-])c(C(F)F)nn1CC(=O)NCc1ccco1. The molecule has 0 aliphatic carbocycles. The highest BCUT2D eigenvalue weighted by atomic mass is 19.3. The van der Waals surface area contributed by atoms with Gasteiger partial charge in [0.25, 0.3) is 6.43 Å². The lowest BCUT2D eigenvalue weighted by molar-refractivity contribution is -0.386. The zero-order valence-electron chi connectivity index (χ0n) is 11.5. The number of rotatable bonds is 6. The number of nitrogens with one attached hydrogen (secondary N) is 1. The highest BCUT2D eigenvalue weighted by Crippen LogP contribution is 2.30. The molecular weight excluding hydrogens is 302 g/mol. The van der Waals surface area contributed by atoms with Crippen molar-refractivity contribution in [3.63, 3.8) is 0 Å². The second kappa shape index (κ2) is 6.33. The first kappa shape index (κ1) is 15.6. The highest BCUT2D eigenvalue weighted by Gasteiger charge is 2.31. The number of halogens is 2. The Hall–Kier alpha value is -2.78. The molecule has 2 aromatic rings. The van der Waals surface area contributed by atoms with E-state index in [0.29, 0.717) is 5.76 Å². The van der Waals surface area contributed by atoms with E-state index in [2.05, 4.69) is 10.4 Å². The van der Waals surface area contributed by atoms with Gasteiger partial charge in [0.2, 0.25) is 11.6 Å². The van der Waals surface area contributed by atoms with E-state index in [1.807, 2.05) is 0 Å². The molecule has 10 heteroatoms. The lowest BCUT2D eigenvalue weighted by atomic mass is 10.3. The van der Waals surface area contributed by atoms with Gasteiger partial charge in [-0.25, -0.2) is 8.78 Å². The molecule has 0 aliphatic rings. The van der Waals surface area contributed by atoms with E-state index in [4.69, 9.17) is 4.42 Å². The van der Waals surface area contributed by atoms with Crippen LogP contribution in [0.2, 0.25) is 0 Å². The molecule has 2 heterocycles. The zero-order chi connectivity index (χ0) is 16.3. The number of carbonyl (C=O) groups excluding carboxylic acids is 1. The fourth-order valence-electron chi connectivity index (χ4n) is 1.88. The molecule has 22 heavy (non-hydrogen) atoms. The van der Waals surface area contributed by atoms with E-state index >= 15 is 0 Å². The van der Waals surface area contributed by atoms with E-state index in [-0.39, 0.29) is 12.2 Å². The van der Waals surface area contributed by atoms with Crippen LogP contribution in [0.5, 0.6) is 0 Å². The number of nitro groups is 1. The molecule has 118 valence electrons. The Morgan fingerprint density at radius 3 is 2.82 bits per heavy atom. The lowest BCUT2D eigenvalue weighted by Crippen LogP contribution is -2.27. The van der Waals surface area contributed by atoms with Crippen molar-refractivity contribution in [3.8, 4) is 0 Å². The van der Waals surface area contributed by atoms with Gasteiger partial charge in [0.1, 0.15) is 18.0 Å². The monoisotopic (exact) mass is 314 g/mol. The third kappa shape index (κ3) is 3.27. The van der Waals surface area contributed by atoms with Gasteiger partial charge in [-0.2, -0.15) is 5.10 Å². The molecule has 0 atom stereocenters. The second-order valence-corrected chi connectivity index (χ2v) is 4.39. The van der Waals surface area contributed by atoms with Crippen LogP contribution in [0.3, 0.4) is 0 Å². The molecule has 1 amide bonds. The van der Waals surface area contributed by atoms with Crippen molar-refractivity contribution in [2.24, 2.45) is 0 Å². The standard InChI is InChI=1S/C12H12F2N4O4/c1-7-11(18(20)21)10(12(13)14)16-17(7)6-9(19)15-5-8-3-2-4-22-8/h2-4,12H,5-6H2,1H3,(H,15,19). The third-order valence-corrected chi connectivity index (χ3v) is 2.92. The Morgan fingerprint density at radius 2 is 2.32 bits per heavy atom. The molecule has 0 aromatic carbocycles. The fraction of sp³-hybridized carbons (Fsp3) is 0.333. The average molecular weight is 314 g/mol. The van der Waals surface area contributed by atoms with Crippen molar-refractivity contribution < 1.29 is 22.9 Å². The van der Waals surface area contributed by atoms with Crippen LogP contribution in [0, 0.1) is 17.0 Å². The smallest absolute Gasteiger partial charge is 0.319 e. The van der Waals surface area contributed by atoms with Gasteiger partial charge in [-0.15, -0.1) is 0 Å². The maximum Gasteiger partial charge on any atom is 0.319 e. The van der Waals surface area contributed by atoms with Crippen LogP contribution >= 0.6 is 0 Å². The largest absolute Gasteiger partial charge is 0.467 e. The molecule has 0 aliphatic heterocycles. The summed E-state index contributed by atoms with van der Waals surface area (Å²) in [6.45, 7) is 0.979. The van der Waals surface area contributed by atoms with Crippen molar-refractivity contribution in [1.82, 2.24) is 15.1 Å². The number of carbonyl (C=O) groups is 1. The molecule has 0 saturated heterocycles. The molecule has 2 aromatic heterocycles. The molecule has 0 saturated carbocycles. The summed E-state index contributed by atoms with van der Waals surface area (Å²) >= 11 is 0. The normalized spacial score (nSPS) is 10.9. The molecule has 1 N–H and O–H groups in total. The average Bonchev–Trinajstić information content (AvgIpc) is 3.05. The minimum absolute atomic E-state index is 0.103. The maximum atomic E-state index is 12.8.